The van der Waals surface area contributed by atoms with E-state index in [9.17, 15) is 10.2 Å². The van der Waals surface area contributed by atoms with Crippen LogP contribution < -0.4 is 16.4 Å². The first-order chi connectivity index (χ1) is 13.9. The molecule has 1 spiro atoms. The number of nitrogens with two attached hydrogens (primary N) is 2. The van der Waals surface area contributed by atoms with Crippen LogP contribution in [0.15, 0.2) is 28.3 Å². The lowest BCUT2D eigenvalue weighted by Gasteiger charge is -2.42. The topological polar surface area (TPSA) is 131 Å². The van der Waals surface area contributed by atoms with Crippen LogP contribution in [0.4, 0.5) is 11.5 Å². The molecule has 0 amide bonds. The second kappa shape index (κ2) is 8.16. The van der Waals surface area contributed by atoms with Crippen molar-refractivity contribution in [3.8, 4) is 5.75 Å². The molecule has 2 saturated heterocycles. The molecular formula is C19H24ClN5O3S. The van der Waals surface area contributed by atoms with E-state index in [0.29, 0.717) is 33.9 Å². The number of anilines is 2. The molecule has 6 N–H and O–H groups in total. The largest absolute Gasteiger partial charge is 0.505 e. The lowest BCUT2D eigenvalue weighted by Crippen LogP contribution is -2.49. The Kier molecular flexibility index (Phi) is 5.76. The van der Waals surface area contributed by atoms with Gasteiger partial charge in [-0.25, -0.2) is 9.97 Å². The molecule has 10 heteroatoms. The van der Waals surface area contributed by atoms with Crippen LogP contribution in [0, 0.1) is 5.41 Å². The van der Waals surface area contributed by atoms with Gasteiger partial charge in [0.05, 0.1) is 36.2 Å². The summed E-state index contributed by atoms with van der Waals surface area (Å²) in [6, 6.07) is 3.42. The van der Waals surface area contributed by atoms with Crippen molar-refractivity contribution in [3.63, 3.8) is 0 Å². The highest BCUT2D eigenvalue weighted by Gasteiger charge is 2.44. The molecule has 0 bridgehead atoms. The molecule has 0 unspecified atom stereocenters. The number of aromatic hydroxyl groups is 1. The lowest BCUT2D eigenvalue weighted by molar-refractivity contribution is 0.131. The van der Waals surface area contributed by atoms with E-state index in [0.717, 1.165) is 31.6 Å². The normalized spacial score (nSPS) is 21.1. The molecule has 8 nitrogen and oxygen atoms in total. The summed E-state index contributed by atoms with van der Waals surface area (Å²) in [5.74, 6) is 0.237. The summed E-state index contributed by atoms with van der Waals surface area (Å²) in [7, 11) is 0. The first-order valence-electron chi connectivity index (χ1n) is 9.43. The number of aliphatic hydroxyl groups is 1. The first-order valence-corrected chi connectivity index (χ1v) is 10.6. The predicted molar refractivity (Wildman–Crippen MR) is 112 cm³/mol. The number of piperidine rings is 1. The smallest absolute Gasteiger partial charge is 0.150 e. The Morgan fingerprint density at radius 3 is 2.79 bits per heavy atom. The average molecular weight is 438 g/mol. The maximum Gasteiger partial charge on any atom is 0.150 e. The van der Waals surface area contributed by atoms with Gasteiger partial charge in [-0.1, -0.05) is 23.4 Å². The highest BCUT2D eigenvalue weighted by Crippen LogP contribution is 2.43. The lowest BCUT2D eigenvalue weighted by atomic mass is 9.75. The van der Waals surface area contributed by atoms with E-state index in [1.54, 1.807) is 18.3 Å². The molecular weight excluding hydrogens is 414 g/mol. The third kappa shape index (κ3) is 3.85. The van der Waals surface area contributed by atoms with Gasteiger partial charge in [-0.05, 0) is 18.9 Å². The van der Waals surface area contributed by atoms with E-state index in [4.69, 9.17) is 27.8 Å². The highest BCUT2D eigenvalue weighted by molar-refractivity contribution is 7.99. The van der Waals surface area contributed by atoms with Gasteiger partial charge in [-0.3, -0.25) is 0 Å². The van der Waals surface area contributed by atoms with E-state index in [-0.39, 0.29) is 29.6 Å². The van der Waals surface area contributed by atoms with Crippen molar-refractivity contribution in [2.24, 2.45) is 11.1 Å². The van der Waals surface area contributed by atoms with Crippen LogP contribution in [0.5, 0.6) is 5.75 Å². The van der Waals surface area contributed by atoms with Crippen molar-refractivity contribution >= 4 is 34.9 Å². The van der Waals surface area contributed by atoms with E-state index in [1.807, 2.05) is 0 Å². The Morgan fingerprint density at radius 2 is 2.14 bits per heavy atom. The number of rotatable bonds is 4. The minimum atomic E-state index is -0.236. The second-order valence-corrected chi connectivity index (χ2v) is 8.93. The summed E-state index contributed by atoms with van der Waals surface area (Å²) in [5.41, 5.74) is 13.3. The fourth-order valence-electron chi connectivity index (χ4n) is 3.98. The SMILES string of the molecule is Nc1nccc(Sc2nc(CO)c(N3CCC4(CC3)COC[C@H]4N)cc2O)c1Cl. The fraction of sp³-hybridized carbons (Fsp3) is 0.474. The zero-order valence-corrected chi connectivity index (χ0v) is 17.4. The number of ether oxygens (including phenoxy) is 1. The molecule has 4 rings (SSSR count). The van der Waals surface area contributed by atoms with Crippen molar-refractivity contribution in [1.29, 1.82) is 0 Å². The molecule has 2 fully saturated rings. The molecule has 0 saturated carbocycles. The molecule has 0 aliphatic carbocycles. The molecule has 29 heavy (non-hydrogen) atoms. The minimum Gasteiger partial charge on any atom is -0.505 e. The van der Waals surface area contributed by atoms with Gasteiger partial charge in [0.15, 0.2) is 0 Å². The van der Waals surface area contributed by atoms with Crippen LogP contribution in [-0.4, -0.2) is 52.5 Å². The third-order valence-corrected chi connectivity index (χ3v) is 7.40. The highest BCUT2D eigenvalue weighted by atomic mass is 35.5. The molecule has 2 aromatic rings. The number of aliphatic hydroxyl groups excluding tert-OH is 1. The quantitative estimate of drug-likeness (QED) is 0.567. The van der Waals surface area contributed by atoms with Crippen molar-refractivity contribution in [1.82, 2.24) is 9.97 Å². The molecule has 0 aromatic carbocycles. The summed E-state index contributed by atoms with van der Waals surface area (Å²) in [5, 5.41) is 21.2. The van der Waals surface area contributed by atoms with Gasteiger partial charge < -0.3 is 31.3 Å². The van der Waals surface area contributed by atoms with Crippen LogP contribution in [0.1, 0.15) is 18.5 Å². The summed E-state index contributed by atoms with van der Waals surface area (Å²) in [6.45, 7) is 2.61. The number of halogens is 1. The van der Waals surface area contributed by atoms with Gasteiger partial charge in [-0.15, -0.1) is 0 Å². The number of hydrogen-bond acceptors (Lipinski definition) is 9. The van der Waals surface area contributed by atoms with Gasteiger partial charge >= 0.3 is 0 Å². The van der Waals surface area contributed by atoms with E-state index < -0.39 is 0 Å². The molecule has 2 aliphatic heterocycles. The molecule has 1 atom stereocenters. The second-order valence-electron chi connectivity index (χ2n) is 7.52. The average Bonchev–Trinajstić information content (AvgIpc) is 3.07. The van der Waals surface area contributed by atoms with Crippen molar-refractivity contribution in [2.45, 2.75) is 35.4 Å². The first kappa shape index (κ1) is 20.5. The van der Waals surface area contributed by atoms with Crippen LogP contribution >= 0.6 is 23.4 Å². The van der Waals surface area contributed by atoms with Crippen molar-refractivity contribution < 1.29 is 14.9 Å². The fourth-order valence-corrected chi connectivity index (χ4v) is 5.06. The number of nitrogens with zero attached hydrogens (tertiary/aromatic N) is 3. The van der Waals surface area contributed by atoms with Gasteiger partial charge in [0.1, 0.15) is 16.6 Å². The Balaban J connectivity index is 1.56. The Hall–Kier alpha value is -1.78. The number of hydrogen-bond donors (Lipinski definition) is 4. The maximum absolute atomic E-state index is 10.6. The number of aromatic nitrogens is 2. The van der Waals surface area contributed by atoms with E-state index >= 15 is 0 Å². The predicted octanol–water partition coefficient (Wildman–Crippen LogP) is 2.01. The van der Waals surface area contributed by atoms with Crippen LogP contribution in [-0.2, 0) is 11.3 Å². The minimum absolute atomic E-state index is 0.0230. The van der Waals surface area contributed by atoms with Gasteiger partial charge in [0.25, 0.3) is 0 Å². The van der Waals surface area contributed by atoms with E-state index in [1.165, 1.54) is 11.8 Å². The zero-order chi connectivity index (χ0) is 20.6. The molecule has 2 aliphatic rings. The monoisotopic (exact) mass is 437 g/mol. The number of pyridine rings is 2. The zero-order valence-electron chi connectivity index (χ0n) is 15.8. The summed E-state index contributed by atoms with van der Waals surface area (Å²) >= 11 is 7.38. The summed E-state index contributed by atoms with van der Waals surface area (Å²) in [6.07, 6.45) is 3.35. The molecule has 4 heterocycles. The number of nitrogen functional groups attached to an aromatic ring is 1. The van der Waals surface area contributed by atoms with Crippen LogP contribution in [0.25, 0.3) is 0 Å². The Labute approximate surface area is 178 Å². The van der Waals surface area contributed by atoms with Crippen molar-refractivity contribution in [2.75, 3.05) is 36.9 Å². The van der Waals surface area contributed by atoms with Gasteiger partial charge in [0, 0.05) is 41.7 Å². The molecule has 2 aromatic heterocycles. The Bertz CT molecular complexity index is 908. The van der Waals surface area contributed by atoms with Crippen LogP contribution in [0.2, 0.25) is 5.02 Å². The van der Waals surface area contributed by atoms with Crippen LogP contribution in [0.3, 0.4) is 0 Å². The van der Waals surface area contributed by atoms with Gasteiger partial charge in [0.2, 0.25) is 0 Å². The van der Waals surface area contributed by atoms with Gasteiger partial charge in [-0.2, -0.15) is 0 Å². The Morgan fingerprint density at radius 1 is 1.38 bits per heavy atom. The summed E-state index contributed by atoms with van der Waals surface area (Å²) < 4.78 is 5.58. The summed E-state index contributed by atoms with van der Waals surface area (Å²) in [4.78, 5) is 11.2. The third-order valence-electron chi connectivity index (χ3n) is 5.84. The van der Waals surface area contributed by atoms with E-state index in [2.05, 4.69) is 14.9 Å². The molecule has 156 valence electrons. The van der Waals surface area contributed by atoms with Crippen molar-refractivity contribution in [3.05, 3.63) is 29.0 Å². The maximum atomic E-state index is 10.6. The standard InChI is InChI=1S/C19H24ClN5O3S/c20-16-14(1-4-23-17(16)22)29-18-13(27)7-12(11(8-26)24-18)25-5-2-19(3-6-25)10-28-9-15(19)21/h1,4,7,15,26-27H,2-3,5-6,8-10,21H2,(H2,22,23)/t15-/m1/s1. The molecule has 0 radical (unpaired) electrons.